The van der Waals surface area contributed by atoms with E-state index >= 15 is 0 Å². The highest BCUT2D eigenvalue weighted by Gasteiger charge is 2.39. The van der Waals surface area contributed by atoms with Gasteiger partial charge in [0.1, 0.15) is 5.76 Å². The highest BCUT2D eigenvalue weighted by atomic mass is 16.7. The van der Waals surface area contributed by atoms with Crippen molar-refractivity contribution in [1.82, 2.24) is 0 Å². The van der Waals surface area contributed by atoms with Crippen molar-refractivity contribution < 1.29 is 23.8 Å². The summed E-state index contributed by atoms with van der Waals surface area (Å²) in [5.74, 6) is 0.792. The maximum atomic E-state index is 12.7. The number of carbonyl (C=O) groups excluding carboxylic acids is 2. The highest BCUT2D eigenvalue weighted by molar-refractivity contribution is 6.26. The Bertz CT molecular complexity index is 935. The second-order valence-electron chi connectivity index (χ2n) is 5.95. The summed E-state index contributed by atoms with van der Waals surface area (Å²) in [4.78, 5) is 25.4. The number of hydrogen-bond donors (Lipinski definition) is 1. The second-order valence-corrected chi connectivity index (χ2v) is 5.95. The Morgan fingerprint density at radius 3 is 2.88 bits per heavy atom. The molecule has 4 aliphatic rings. The molecule has 0 aromatic heterocycles. The van der Waals surface area contributed by atoms with Crippen LogP contribution in [0.5, 0.6) is 0 Å². The molecule has 1 aromatic carbocycles. The number of ketones is 2. The summed E-state index contributed by atoms with van der Waals surface area (Å²) in [6, 6.07) is 1.74. The van der Waals surface area contributed by atoms with Gasteiger partial charge in [-0.3, -0.25) is 9.59 Å². The van der Waals surface area contributed by atoms with Crippen molar-refractivity contribution in [2.75, 3.05) is 25.8 Å². The fraction of sp³-hybridized carbons (Fsp3) is 0.222. The average Bonchev–Trinajstić information content (AvgIpc) is 3.06. The summed E-state index contributed by atoms with van der Waals surface area (Å²) in [6.07, 6.45) is 3.96. The van der Waals surface area contributed by atoms with E-state index in [1.54, 1.807) is 6.07 Å². The molecule has 24 heavy (non-hydrogen) atoms. The number of allylic oxidation sites excluding steroid dienone is 3. The van der Waals surface area contributed by atoms with Crippen molar-refractivity contribution in [3.63, 3.8) is 0 Å². The number of ether oxygens (including phenoxy) is 3. The van der Waals surface area contributed by atoms with Gasteiger partial charge in [0, 0.05) is 47.0 Å². The first-order valence-electron chi connectivity index (χ1n) is 7.67. The molecule has 0 atom stereocenters. The van der Waals surface area contributed by atoms with E-state index in [2.05, 4.69) is 11.4 Å². The van der Waals surface area contributed by atoms with Gasteiger partial charge in [0.15, 0.2) is 17.3 Å². The lowest BCUT2D eigenvalue weighted by molar-refractivity contribution is 0.0865. The molecule has 6 nitrogen and oxygen atoms in total. The minimum atomic E-state index is -0.296. The lowest BCUT2D eigenvalue weighted by atomic mass is 9.78. The first-order valence-corrected chi connectivity index (χ1v) is 7.67. The van der Waals surface area contributed by atoms with E-state index in [1.165, 1.54) is 13.2 Å². The van der Waals surface area contributed by atoms with E-state index < -0.39 is 0 Å². The summed E-state index contributed by atoms with van der Waals surface area (Å²) >= 11 is 0. The number of rotatable bonds is 1. The Morgan fingerprint density at radius 2 is 2.04 bits per heavy atom. The maximum Gasteiger partial charge on any atom is 0.230 e. The van der Waals surface area contributed by atoms with E-state index in [-0.39, 0.29) is 24.1 Å². The van der Waals surface area contributed by atoms with Crippen LogP contribution in [0.1, 0.15) is 38.3 Å². The lowest BCUT2D eigenvalue weighted by Gasteiger charge is -2.29. The molecule has 2 aliphatic heterocycles. The Labute approximate surface area is 137 Å². The Morgan fingerprint density at radius 1 is 1.17 bits per heavy atom. The molecule has 120 valence electrons. The molecular formula is C18H13NO5. The van der Waals surface area contributed by atoms with Crippen LogP contribution in [0.4, 0.5) is 5.69 Å². The Kier molecular flexibility index (Phi) is 2.52. The number of anilines is 1. The standard InChI is InChI=1S/C18H13NO5/c1-22-12-6-11(20)15-9(17(12)21)5-10-14-8(2-3-19-10)4-13-18(16(14)15)24-7-23-13/h2,5-6,19H,3-4,7H2,1H3. The topological polar surface area (TPSA) is 73.9 Å². The van der Waals surface area contributed by atoms with Gasteiger partial charge in [-0.2, -0.15) is 0 Å². The monoisotopic (exact) mass is 323 g/mol. The van der Waals surface area contributed by atoms with E-state index in [0.29, 0.717) is 35.4 Å². The van der Waals surface area contributed by atoms with Gasteiger partial charge < -0.3 is 19.5 Å². The molecule has 2 heterocycles. The Balaban J connectivity index is 1.88. The van der Waals surface area contributed by atoms with Crippen molar-refractivity contribution in [2.45, 2.75) is 6.42 Å². The van der Waals surface area contributed by atoms with Crippen LogP contribution in [0.25, 0.3) is 11.3 Å². The van der Waals surface area contributed by atoms with E-state index in [4.69, 9.17) is 14.2 Å². The molecule has 5 rings (SSSR count). The first-order chi connectivity index (χ1) is 11.7. The zero-order chi connectivity index (χ0) is 16.4. The van der Waals surface area contributed by atoms with Crippen LogP contribution in [0.3, 0.4) is 0 Å². The van der Waals surface area contributed by atoms with Gasteiger partial charge in [0.25, 0.3) is 0 Å². The molecule has 0 spiro atoms. The molecule has 0 bridgehead atoms. The summed E-state index contributed by atoms with van der Waals surface area (Å²) in [5, 5.41) is 3.28. The molecular weight excluding hydrogens is 310 g/mol. The molecule has 0 radical (unpaired) electrons. The van der Waals surface area contributed by atoms with Gasteiger partial charge in [-0.1, -0.05) is 6.08 Å². The summed E-state index contributed by atoms with van der Waals surface area (Å²) < 4.78 is 16.3. The highest BCUT2D eigenvalue weighted by Crippen LogP contribution is 2.49. The lowest BCUT2D eigenvalue weighted by Crippen LogP contribution is -2.24. The van der Waals surface area contributed by atoms with Gasteiger partial charge >= 0.3 is 0 Å². The second kappa shape index (κ2) is 4.50. The quantitative estimate of drug-likeness (QED) is 0.856. The van der Waals surface area contributed by atoms with Crippen LogP contribution in [-0.4, -0.2) is 32.0 Å². The largest absolute Gasteiger partial charge is 0.492 e. The van der Waals surface area contributed by atoms with Crippen molar-refractivity contribution in [3.05, 3.63) is 52.0 Å². The third kappa shape index (κ3) is 1.55. The number of hydrogen-bond acceptors (Lipinski definition) is 6. The van der Waals surface area contributed by atoms with Crippen LogP contribution in [0.15, 0.2) is 29.7 Å². The SMILES string of the molecule is COC1=CC(=O)c2c(cc3c4c2C2=C(CC4=CCN3)OCO2)C1=O. The normalized spacial score (nSPS) is 20.0. The van der Waals surface area contributed by atoms with Crippen LogP contribution >= 0.6 is 0 Å². The maximum absolute atomic E-state index is 12.7. The van der Waals surface area contributed by atoms with Crippen LogP contribution < -0.4 is 5.32 Å². The van der Waals surface area contributed by atoms with E-state index in [1.807, 2.05) is 0 Å². The van der Waals surface area contributed by atoms with Crippen LogP contribution in [0, 0.1) is 0 Å². The minimum absolute atomic E-state index is 0.0554. The molecule has 0 saturated carbocycles. The summed E-state index contributed by atoms with van der Waals surface area (Å²) in [7, 11) is 1.39. The number of methoxy groups -OCH3 is 1. The smallest absolute Gasteiger partial charge is 0.230 e. The zero-order valence-electron chi connectivity index (χ0n) is 12.9. The molecule has 2 aliphatic carbocycles. The summed E-state index contributed by atoms with van der Waals surface area (Å²) in [6.45, 7) is 0.796. The summed E-state index contributed by atoms with van der Waals surface area (Å²) in [5.41, 5.74) is 4.22. The van der Waals surface area contributed by atoms with Gasteiger partial charge in [-0.15, -0.1) is 0 Å². The molecule has 1 aromatic rings. The molecule has 1 N–H and O–H groups in total. The predicted molar refractivity (Wildman–Crippen MR) is 85.2 cm³/mol. The van der Waals surface area contributed by atoms with Crippen molar-refractivity contribution in [3.8, 4) is 0 Å². The molecule has 0 amide bonds. The fourth-order valence-corrected chi connectivity index (χ4v) is 3.73. The third-order valence-electron chi connectivity index (χ3n) is 4.75. The van der Waals surface area contributed by atoms with Crippen molar-refractivity contribution in [1.29, 1.82) is 0 Å². The zero-order valence-corrected chi connectivity index (χ0v) is 12.9. The van der Waals surface area contributed by atoms with Crippen molar-refractivity contribution in [2.24, 2.45) is 0 Å². The van der Waals surface area contributed by atoms with Crippen molar-refractivity contribution >= 4 is 28.6 Å². The number of Topliss-reactive ketones (excluding diaryl/α,β-unsaturated/α-hetero) is 1. The number of benzene rings is 1. The van der Waals surface area contributed by atoms with Gasteiger partial charge in [0.05, 0.1) is 7.11 Å². The third-order valence-corrected chi connectivity index (χ3v) is 4.75. The van der Waals surface area contributed by atoms with E-state index in [0.717, 1.165) is 22.6 Å². The molecule has 0 unspecified atom stereocenters. The fourth-order valence-electron chi connectivity index (χ4n) is 3.73. The van der Waals surface area contributed by atoms with Gasteiger partial charge in [-0.05, 0) is 11.6 Å². The first kappa shape index (κ1) is 13.4. The van der Waals surface area contributed by atoms with Crippen LogP contribution in [-0.2, 0) is 14.2 Å². The van der Waals surface area contributed by atoms with Crippen LogP contribution in [0.2, 0.25) is 0 Å². The van der Waals surface area contributed by atoms with Gasteiger partial charge in [0.2, 0.25) is 12.6 Å². The van der Waals surface area contributed by atoms with E-state index in [9.17, 15) is 9.59 Å². The van der Waals surface area contributed by atoms with Gasteiger partial charge in [-0.25, -0.2) is 0 Å². The average molecular weight is 323 g/mol. The molecule has 0 fully saturated rings. The molecule has 0 saturated heterocycles. The molecule has 6 heteroatoms. The Hall–Kier alpha value is -3.02. The number of carbonyl (C=O) groups is 2. The minimum Gasteiger partial charge on any atom is -0.492 e. The number of fused-ring (bicyclic) bond motifs is 3. The number of nitrogens with one attached hydrogen (secondary N) is 1. The predicted octanol–water partition coefficient (Wildman–Crippen LogP) is 2.48.